The molecule has 2 aromatic rings. The third-order valence-corrected chi connectivity index (χ3v) is 4.46. The van der Waals surface area contributed by atoms with Crippen LogP contribution < -0.4 is 10.2 Å². The first-order valence-electron chi connectivity index (χ1n) is 6.60. The number of hydrogen-bond donors (Lipinski definition) is 2. The molecule has 5 nitrogen and oxygen atoms in total. The summed E-state index contributed by atoms with van der Waals surface area (Å²) in [4.78, 5) is 12.4. The molecule has 1 aliphatic heterocycles. The van der Waals surface area contributed by atoms with Crippen molar-refractivity contribution in [2.75, 3.05) is 37.0 Å². The van der Waals surface area contributed by atoms with Gasteiger partial charge in [-0.3, -0.25) is 0 Å². The van der Waals surface area contributed by atoms with Gasteiger partial charge in [0.2, 0.25) is 5.95 Å². The maximum atomic E-state index is 9.05. The second-order valence-electron chi connectivity index (χ2n) is 4.87. The Balaban J connectivity index is 1.93. The number of fused-ring (bicyclic) bond motifs is 1. The molecule has 19 heavy (non-hydrogen) atoms. The number of thiophene rings is 1. The average Bonchev–Trinajstić information content (AvgIpc) is 3.06. The van der Waals surface area contributed by atoms with E-state index in [0.29, 0.717) is 11.9 Å². The van der Waals surface area contributed by atoms with E-state index in [9.17, 15) is 0 Å². The topological polar surface area (TPSA) is 61.3 Å². The smallest absolute Gasteiger partial charge is 0.225 e. The molecule has 0 radical (unpaired) electrons. The Bertz CT molecular complexity index is 571. The Morgan fingerprint density at radius 2 is 2.42 bits per heavy atom. The molecule has 0 spiro atoms. The van der Waals surface area contributed by atoms with Crippen LogP contribution in [0.1, 0.15) is 12.8 Å². The Hall–Kier alpha value is -1.40. The van der Waals surface area contributed by atoms with E-state index < -0.39 is 0 Å². The Kier molecular flexibility index (Phi) is 3.52. The Morgan fingerprint density at radius 1 is 1.53 bits per heavy atom. The molecule has 1 unspecified atom stereocenters. The minimum atomic E-state index is 0.276. The molecule has 0 saturated carbocycles. The molecule has 0 bridgehead atoms. The SMILES string of the molecule is CNc1nc(N2CCC(CCO)C2)c2ccsc2n1. The fourth-order valence-corrected chi connectivity index (χ4v) is 3.39. The zero-order valence-corrected chi connectivity index (χ0v) is 11.8. The molecule has 1 atom stereocenters. The molecule has 0 aliphatic carbocycles. The number of aromatic nitrogens is 2. The standard InChI is InChI=1S/C13H18N4OS/c1-14-13-15-11(10-4-7-19-12(10)16-13)17-5-2-9(8-17)3-6-18/h4,7,9,18H,2-3,5-6,8H2,1H3,(H,14,15,16). The minimum absolute atomic E-state index is 0.276. The van der Waals surface area contributed by atoms with Crippen molar-refractivity contribution in [2.24, 2.45) is 5.92 Å². The zero-order valence-electron chi connectivity index (χ0n) is 11.0. The highest BCUT2D eigenvalue weighted by molar-refractivity contribution is 7.16. The van der Waals surface area contributed by atoms with E-state index in [1.165, 1.54) is 0 Å². The predicted octanol–water partition coefficient (Wildman–Crippen LogP) is 1.94. The van der Waals surface area contributed by atoms with Crippen LogP contribution in [-0.2, 0) is 0 Å². The molecule has 0 aromatic carbocycles. The van der Waals surface area contributed by atoms with Gasteiger partial charge in [0, 0.05) is 26.7 Å². The monoisotopic (exact) mass is 278 g/mol. The lowest BCUT2D eigenvalue weighted by Crippen LogP contribution is -2.21. The van der Waals surface area contributed by atoms with Gasteiger partial charge in [0.05, 0.1) is 5.39 Å². The van der Waals surface area contributed by atoms with Crippen LogP contribution >= 0.6 is 11.3 Å². The average molecular weight is 278 g/mol. The van der Waals surface area contributed by atoms with Crippen LogP contribution in [-0.4, -0.2) is 41.8 Å². The molecule has 6 heteroatoms. The van der Waals surface area contributed by atoms with Gasteiger partial charge in [-0.15, -0.1) is 11.3 Å². The van der Waals surface area contributed by atoms with Crippen molar-refractivity contribution in [3.63, 3.8) is 0 Å². The second-order valence-corrected chi connectivity index (χ2v) is 5.77. The van der Waals surface area contributed by atoms with Gasteiger partial charge in [-0.1, -0.05) is 0 Å². The summed E-state index contributed by atoms with van der Waals surface area (Å²) in [6, 6.07) is 2.09. The summed E-state index contributed by atoms with van der Waals surface area (Å²) in [5, 5.41) is 15.3. The highest BCUT2D eigenvalue weighted by Gasteiger charge is 2.25. The Labute approximate surface area is 116 Å². The first-order valence-corrected chi connectivity index (χ1v) is 7.48. The first-order chi connectivity index (χ1) is 9.31. The fraction of sp³-hybridized carbons (Fsp3) is 0.538. The molecule has 1 fully saturated rings. The number of aliphatic hydroxyl groups excluding tert-OH is 1. The largest absolute Gasteiger partial charge is 0.396 e. The molecule has 1 aliphatic rings. The van der Waals surface area contributed by atoms with Gasteiger partial charge >= 0.3 is 0 Å². The summed E-state index contributed by atoms with van der Waals surface area (Å²) >= 11 is 1.64. The molecule has 2 aromatic heterocycles. The third-order valence-electron chi connectivity index (χ3n) is 3.65. The van der Waals surface area contributed by atoms with Crippen molar-refractivity contribution in [2.45, 2.75) is 12.8 Å². The van der Waals surface area contributed by atoms with Crippen molar-refractivity contribution in [3.05, 3.63) is 11.4 Å². The fourth-order valence-electron chi connectivity index (χ4n) is 2.64. The number of hydrogen-bond acceptors (Lipinski definition) is 6. The lowest BCUT2D eigenvalue weighted by atomic mass is 10.1. The van der Waals surface area contributed by atoms with Crippen LogP contribution in [0.3, 0.4) is 0 Å². The molecule has 2 N–H and O–H groups in total. The van der Waals surface area contributed by atoms with Crippen LogP contribution in [0.15, 0.2) is 11.4 Å². The van der Waals surface area contributed by atoms with Gasteiger partial charge in [-0.2, -0.15) is 4.98 Å². The summed E-state index contributed by atoms with van der Waals surface area (Å²) in [5.41, 5.74) is 0. The van der Waals surface area contributed by atoms with E-state index in [1.54, 1.807) is 11.3 Å². The molecule has 1 saturated heterocycles. The maximum absolute atomic E-state index is 9.05. The number of rotatable bonds is 4. The third kappa shape index (κ3) is 2.37. The van der Waals surface area contributed by atoms with Crippen LogP contribution in [0.2, 0.25) is 0 Å². The maximum Gasteiger partial charge on any atom is 0.225 e. The van der Waals surface area contributed by atoms with Crippen LogP contribution in [0.5, 0.6) is 0 Å². The van der Waals surface area contributed by atoms with Gasteiger partial charge in [0.25, 0.3) is 0 Å². The molecule has 3 rings (SSSR count). The number of aliphatic hydroxyl groups is 1. The van der Waals surface area contributed by atoms with Gasteiger partial charge in [0.1, 0.15) is 10.6 Å². The molecule has 102 valence electrons. The quantitative estimate of drug-likeness (QED) is 0.895. The van der Waals surface area contributed by atoms with Crippen molar-refractivity contribution in [3.8, 4) is 0 Å². The molecule has 0 amide bonds. The lowest BCUT2D eigenvalue weighted by Gasteiger charge is -2.19. The van der Waals surface area contributed by atoms with Crippen molar-refractivity contribution in [1.29, 1.82) is 0 Å². The Morgan fingerprint density at radius 3 is 3.21 bits per heavy atom. The van der Waals surface area contributed by atoms with Crippen LogP contribution in [0.4, 0.5) is 11.8 Å². The van der Waals surface area contributed by atoms with Crippen molar-refractivity contribution < 1.29 is 5.11 Å². The van der Waals surface area contributed by atoms with Crippen molar-refractivity contribution in [1.82, 2.24) is 9.97 Å². The normalized spacial score (nSPS) is 19.3. The van der Waals surface area contributed by atoms with Crippen LogP contribution in [0, 0.1) is 5.92 Å². The predicted molar refractivity (Wildman–Crippen MR) is 79.0 cm³/mol. The second kappa shape index (κ2) is 5.30. The number of nitrogens with zero attached hydrogens (tertiary/aromatic N) is 3. The van der Waals surface area contributed by atoms with E-state index in [0.717, 1.165) is 42.0 Å². The van der Waals surface area contributed by atoms with E-state index in [1.807, 2.05) is 7.05 Å². The summed E-state index contributed by atoms with van der Waals surface area (Å²) in [7, 11) is 1.84. The van der Waals surface area contributed by atoms with E-state index in [4.69, 9.17) is 5.11 Å². The summed E-state index contributed by atoms with van der Waals surface area (Å²) in [5.74, 6) is 2.28. The van der Waals surface area contributed by atoms with E-state index in [-0.39, 0.29) is 6.61 Å². The molecular weight excluding hydrogens is 260 g/mol. The summed E-state index contributed by atoms with van der Waals surface area (Å²) in [6.07, 6.45) is 2.01. The van der Waals surface area contributed by atoms with E-state index in [2.05, 4.69) is 31.6 Å². The van der Waals surface area contributed by atoms with E-state index >= 15 is 0 Å². The van der Waals surface area contributed by atoms with Gasteiger partial charge in [0.15, 0.2) is 0 Å². The number of anilines is 2. The lowest BCUT2D eigenvalue weighted by molar-refractivity contribution is 0.263. The highest BCUT2D eigenvalue weighted by Crippen LogP contribution is 2.32. The van der Waals surface area contributed by atoms with Crippen LogP contribution in [0.25, 0.3) is 10.2 Å². The first kappa shape index (κ1) is 12.6. The highest BCUT2D eigenvalue weighted by atomic mass is 32.1. The summed E-state index contributed by atoms with van der Waals surface area (Å²) in [6.45, 7) is 2.26. The molecule has 3 heterocycles. The van der Waals surface area contributed by atoms with Crippen molar-refractivity contribution >= 4 is 33.3 Å². The van der Waals surface area contributed by atoms with Gasteiger partial charge < -0.3 is 15.3 Å². The molecular formula is C13H18N4OS. The zero-order chi connectivity index (χ0) is 13.2. The van der Waals surface area contributed by atoms with Gasteiger partial charge in [-0.05, 0) is 30.2 Å². The number of nitrogens with one attached hydrogen (secondary N) is 1. The minimum Gasteiger partial charge on any atom is -0.396 e. The summed E-state index contributed by atoms with van der Waals surface area (Å²) < 4.78 is 0. The van der Waals surface area contributed by atoms with Gasteiger partial charge in [-0.25, -0.2) is 4.98 Å².